The van der Waals surface area contributed by atoms with Crippen LogP contribution in [0.4, 0.5) is 0 Å². The van der Waals surface area contributed by atoms with Gasteiger partial charge in [0.25, 0.3) is 0 Å². The molecule has 0 aliphatic heterocycles. The minimum atomic E-state index is 0.278. The first-order valence-electron chi connectivity index (χ1n) is 5.15. The molecule has 1 rings (SSSR count). The molecule has 1 aliphatic rings. The van der Waals surface area contributed by atoms with Gasteiger partial charge >= 0.3 is 0 Å². The summed E-state index contributed by atoms with van der Waals surface area (Å²) in [6, 6.07) is 0.431. The molecule has 0 amide bonds. The van der Waals surface area contributed by atoms with Crippen LogP contribution in [0.1, 0.15) is 26.2 Å². The molecular weight excluding hydrogens is 182 g/mol. The van der Waals surface area contributed by atoms with Gasteiger partial charge in [-0.15, -0.1) is 0 Å². The third-order valence-electron chi connectivity index (χ3n) is 2.99. The van der Waals surface area contributed by atoms with Crippen molar-refractivity contribution < 1.29 is 5.11 Å². The second kappa shape index (κ2) is 5.89. The molecule has 0 radical (unpaired) electrons. The van der Waals surface area contributed by atoms with Gasteiger partial charge in [-0.3, -0.25) is 0 Å². The van der Waals surface area contributed by atoms with Crippen LogP contribution in [0.3, 0.4) is 0 Å². The molecule has 0 heterocycles. The Morgan fingerprint density at radius 1 is 1.54 bits per heavy atom. The van der Waals surface area contributed by atoms with E-state index >= 15 is 0 Å². The van der Waals surface area contributed by atoms with Crippen molar-refractivity contribution >= 4 is 11.8 Å². The van der Waals surface area contributed by atoms with Crippen LogP contribution in [-0.2, 0) is 0 Å². The van der Waals surface area contributed by atoms with Gasteiger partial charge in [0.15, 0.2) is 0 Å². The first-order valence-corrected chi connectivity index (χ1v) is 6.43. The lowest BCUT2D eigenvalue weighted by Crippen LogP contribution is -2.41. The lowest BCUT2D eigenvalue weighted by Gasteiger charge is -2.29. The average molecular weight is 203 g/mol. The zero-order chi connectivity index (χ0) is 9.68. The monoisotopic (exact) mass is 203 g/mol. The molecule has 2 nitrogen and oxygen atoms in total. The van der Waals surface area contributed by atoms with Gasteiger partial charge in [-0.05, 0) is 38.5 Å². The normalized spacial score (nSPS) is 22.4. The van der Waals surface area contributed by atoms with Crippen LogP contribution in [0, 0.1) is 5.92 Å². The Bertz CT molecular complexity index is 135. The first kappa shape index (κ1) is 11.3. The van der Waals surface area contributed by atoms with E-state index in [0.29, 0.717) is 11.3 Å². The highest BCUT2D eigenvalue weighted by Gasteiger charge is 2.20. The Balaban J connectivity index is 2.10. The zero-order valence-corrected chi connectivity index (χ0v) is 9.44. The molecule has 0 aromatic rings. The maximum Gasteiger partial charge on any atom is 0.0564 e. The van der Waals surface area contributed by atoms with Gasteiger partial charge < -0.3 is 10.4 Å². The number of nitrogens with one attached hydrogen (secondary N) is 1. The maximum absolute atomic E-state index is 9.07. The summed E-state index contributed by atoms with van der Waals surface area (Å²) in [7, 11) is 0. The van der Waals surface area contributed by atoms with Gasteiger partial charge in [0.2, 0.25) is 0 Å². The quantitative estimate of drug-likeness (QED) is 0.686. The van der Waals surface area contributed by atoms with Gasteiger partial charge in [-0.1, -0.05) is 6.42 Å². The molecule has 0 bridgehead atoms. The fraction of sp³-hybridized carbons (Fsp3) is 1.00. The van der Waals surface area contributed by atoms with E-state index in [-0.39, 0.29) is 6.61 Å². The van der Waals surface area contributed by atoms with Crippen molar-refractivity contribution in [2.24, 2.45) is 5.92 Å². The maximum atomic E-state index is 9.07. The van der Waals surface area contributed by atoms with Crippen LogP contribution < -0.4 is 5.32 Å². The third-order valence-corrected chi connectivity index (χ3v) is 4.16. The Kier molecular flexibility index (Phi) is 5.14. The predicted octanol–water partition coefficient (Wildman–Crippen LogP) is 1.49. The third kappa shape index (κ3) is 3.49. The minimum Gasteiger partial charge on any atom is -0.395 e. The Labute approximate surface area is 85.5 Å². The van der Waals surface area contributed by atoms with Crippen molar-refractivity contribution in [2.75, 3.05) is 19.4 Å². The summed E-state index contributed by atoms with van der Waals surface area (Å²) < 4.78 is 0. The number of hydrogen-bond donors (Lipinski definition) is 2. The summed E-state index contributed by atoms with van der Waals surface area (Å²) in [6.45, 7) is 3.58. The lowest BCUT2D eigenvalue weighted by molar-refractivity contribution is 0.256. The molecule has 13 heavy (non-hydrogen) atoms. The summed E-state index contributed by atoms with van der Waals surface area (Å²) in [6.07, 6.45) is 6.25. The predicted molar refractivity (Wildman–Crippen MR) is 59.2 cm³/mol. The molecule has 0 aromatic heterocycles. The Morgan fingerprint density at radius 3 is 2.62 bits per heavy atom. The van der Waals surface area contributed by atoms with E-state index in [0.717, 1.165) is 12.5 Å². The Hall–Kier alpha value is 0.270. The van der Waals surface area contributed by atoms with Crippen molar-refractivity contribution in [1.82, 2.24) is 5.32 Å². The van der Waals surface area contributed by atoms with Gasteiger partial charge in [-0.25, -0.2) is 0 Å². The molecular formula is C10H21NOS. The molecule has 78 valence electrons. The van der Waals surface area contributed by atoms with Crippen molar-refractivity contribution in [2.45, 2.75) is 37.5 Å². The fourth-order valence-corrected chi connectivity index (χ4v) is 2.27. The van der Waals surface area contributed by atoms with Gasteiger partial charge in [-0.2, -0.15) is 11.8 Å². The van der Waals surface area contributed by atoms with Crippen LogP contribution in [-0.4, -0.2) is 35.8 Å². The molecule has 0 aromatic carbocycles. The highest BCUT2D eigenvalue weighted by Crippen LogP contribution is 2.25. The number of rotatable bonds is 6. The van der Waals surface area contributed by atoms with E-state index in [4.69, 9.17) is 5.11 Å². The standard InChI is InChI=1S/C10H21NOS/c1-8(10(7-12)13-2)11-6-9-4-3-5-9/h8-12H,3-7H2,1-2H3. The summed E-state index contributed by atoms with van der Waals surface area (Å²) in [4.78, 5) is 0. The van der Waals surface area contributed by atoms with Crippen LogP contribution in [0.25, 0.3) is 0 Å². The second-order valence-corrected chi connectivity index (χ2v) is 5.03. The highest BCUT2D eigenvalue weighted by molar-refractivity contribution is 7.99. The Morgan fingerprint density at radius 2 is 2.23 bits per heavy atom. The minimum absolute atomic E-state index is 0.278. The van der Waals surface area contributed by atoms with Crippen LogP contribution >= 0.6 is 11.8 Å². The van der Waals surface area contributed by atoms with Crippen molar-refractivity contribution in [3.63, 3.8) is 0 Å². The fourth-order valence-electron chi connectivity index (χ4n) is 1.62. The average Bonchev–Trinajstić information content (AvgIpc) is 2.04. The van der Waals surface area contributed by atoms with E-state index in [9.17, 15) is 0 Å². The van der Waals surface area contributed by atoms with Gasteiger partial charge in [0.05, 0.1) is 6.61 Å². The lowest BCUT2D eigenvalue weighted by atomic mass is 9.85. The summed E-state index contributed by atoms with van der Waals surface area (Å²) in [5.41, 5.74) is 0. The number of aliphatic hydroxyl groups excluding tert-OH is 1. The largest absolute Gasteiger partial charge is 0.395 e. The van der Waals surface area contributed by atoms with Crippen LogP contribution in [0.5, 0.6) is 0 Å². The van der Waals surface area contributed by atoms with Gasteiger partial charge in [0.1, 0.15) is 0 Å². The summed E-state index contributed by atoms with van der Waals surface area (Å²) in [5.74, 6) is 0.906. The van der Waals surface area contributed by atoms with Gasteiger partial charge in [0, 0.05) is 11.3 Å². The van der Waals surface area contributed by atoms with Crippen molar-refractivity contribution in [3.05, 3.63) is 0 Å². The molecule has 2 N–H and O–H groups in total. The SMILES string of the molecule is CSC(CO)C(C)NCC1CCC1. The molecule has 3 heteroatoms. The van der Waals surface area contributed by atoms with Crippen molar-refractivity contribution in [1.29, 1.82) is 0 Å². The zero-order valence-electron chi connectivity index (χ0n) is 8.62. The molecule has 1 fully saturated rings. The number of thioether (sulfide) groups is 1. The number of hydrogen-bond acceptors (Lipinski definition) is 3. The molecule has 0 saturated heterocycles. The highest BCUT2D eigenvalue weighted by atomic mass is 32.2. The van der Waals surface area contributed by atoms with E-state index in [1.54, 1.807) is 11.8 Å². The second-order valence-electron chi connectivity index (χ2n) is 3.95. The van der Waals surface area contributed by atoms with E-state index in [2.05, 4.69) is 18.5 Å². The summed E-state index contributed by atoms with van der Waals surface area (Å²) >= 11 is 1.74. The summed E-state index contributed by atoms with van der Waals surface area (Å²) in [5, 5.41) is 12.9. The molecule has 1 aliphatic carbocycles. The number of aliphatic hydroxyl groups is 1. The topological polar surface area (TPSA) is 32.3 Å². The molecule has 2 unspecified atom stereocenters. The van der Waals surface area contributed by atoms with Crippen molar-refractivity contribution in [3.8, 4) is 0 Å². The van der Waals surface area contributed by atoms with Crippen LogP contribution in [0.15, 0.2) is 0 Å². The smallest absolute Gasteiger partial charge is 0.0564 e. The van der Waals surface area contributed by atoms with E-state index in [1.165, 1.54) is 19.3 Å². The van der Waals surface area contributed by atoms with Crippen LogP contribution in [0.2, 0.25) is 0 Å². The molecule has 0 spiro atoms. The van der Waals surface area contributed by atoms with E-state index in [1.807, 2.05) is 0 Å². The van der Waals surface area contributed by atoms with E-state index < -0.39 is 0 Å². The molecule has 1 saturated carbocycles. The first-order chi connectivity index (χ1) is 6.27. The molecule has 2 atom stereocenters.